The minimum atomic E-state index is -5.55. The van der Waals surface area contributed by atoms with Crippen molar-refractivity contribution >= 4 is 15.5 Å². The van der Waals surface area contributed by atoms with Crippen LogP contribution in [0.2, 0.25) is 0 Å². The molecular formula is C23H25F3N4O5S. The van der Waals surface area contributed by atoms with Crippen molar-refractivity contribution in [2.75, 3.05) is 24.6 Å². The molecule has 194 valence electrons. The zero-order chi connectivity index (χ0) is 26.3. The fourth-order valence-electron chi connectivity index (χ4n) is 4.32. The van der Waals surface area contributed by atoms with E-state index in [-0.39, 0.29) is 18.0 Å². The van der Waals surface area contributed by atoms with Gasteiger partial charge >= 0.3 is 11.2 Å². The van der Waals surface area contributed by atoms with Crippen LogP contribution in [0.15, 0.2) is 52.4 Å². The predicted molar refractivity (Wildman–Crippen MR) is 125 cm³/mol. The van der Waals surface area contributed by atoms with E-state index in [0.29, 0.717) is 5.56 Å². The topological polar surface area (TPSA) is 107 Å². The highest BCUT2D eigenvalue weighted by molar-refractivity contribution is 7.92. The maximum absolute atomic E-state index is 13.5. The quantitative estimate of drug-likeness (QED) is 0.502. The summed E-state index contributed by atoms with van der Waals surface area (Å²) in [4.78, 5) is 18.9. The number of rotatable bonds is 7. The maximum Gasteiger partial charge on any atom is 0.501 e. The minimum Gasteiger partial charge on any atom is -0.493 e. The molecule has 36 heavy (non-hydrogen) atoms. The van der Waals surface area contributed by atoms with Crippen molar-refractivity contribution in [3.05, 3.63) is 64.5 Å². The van der Waals surface area contributed by atoms with Crippen LogP contribution in [0.5, 0.6) is 5.88 Å². The van der Waals surface area contributed by atoms with Gasteiger partial charge in [-0.1, -0.05) is 0 Å². The molecule has 1 aromatic carbocycles. The van der Waals surface area contributed by atoms with Gasteiger partial charge in [0, 0.05) is 31.5 Å². The Morgan fingerprint density at radius 2 is 1.78 bits per heavy atom. The number of anilines is 1. The van der Waals surface area contributed by atoms with Gasteiger partial charge in [-0.2, -0.15) is 13.2 Å². The third-order valence-corrected chi connectivity index (χ3v) is 7.61. The summed E-state index contributed by atoms with van der Waals surface area (Å²) in [5.74, 6) is -0.451. The smallest absolute Gasteiger partial charge is 0.493 e. The fourth-order valence-corrected chi connectivity index (χ4v) is 5.08. The van der Waals surface area contributed by atoms with E-state index in [1.165, 1.54) is 11.5 Å². The van der Waals surface area contributed by atoms with Crippen LogP contribution in [0.1, 0.15) is 37.3 Å². The summed E-state index contributed by atoms with van der Waals surface area (Å²) < 4.78 is 70.1. The van der Waals surface area contributed by atoms with Crippen LogP contribution < -0.4 is 10.6 Å². The Bertz CT molecular complexity index is 1410. The van der Waals surface area contributed by atoms with Gasteiger partial charge in [0.15, 0.2) is 6.23 Å². The van der Waals surface area contributed by atoms with E-state index in [0.717, 1.165) is 60.5 Å². The lowest BCUT2D eigenvalue weighted by Gasteiger charge is -2.26. The van der Waals surface area contributed by atoms with E-state index >= 15 is 0 Å². The number of ether oxygens (including phenoxy) is 1. The number of benzene rings is 1. The predicted octanol–water partition coefficient (Wildman–Crippen LogP) is 3.53. The number of aromatic hydroxyl groups is 1. The summed E-state index contributed by atoms with van der Waals surface area (Å²) in [6.45, 7) is 5.17. The van der Waals surface area contributed by atoms with Gasteiger partial charge in [0.1, 0.15) is 0 Å². The molecule has 0 saturated carbocycles. The standard InChI is InChI=1S/C23H25F3N4O5S/c1-3-35-21(18-10-11-27-14-19(18)28-12-4-5-13-28)29-15(2)20(31)30(22(29)32)16-6-8-17(9-7-16)36(33,34)23(24,25)26/h6-11,14,21,31H,3-5,12-13H2,1-2H3. The Labute approximate surface area is 205 Å². The van der Waals surface area contributed by atoms with Crippen molar-refractivity contribution in [3.63, 3.8) is 0 Å². The minimum absolute atomic E-state index is 0.00906. The van der Waals surface area contributed by atoms with Crippen LogP contribution in [-0.4, -0.2) is 52.8 Å². The van der Waals surface area contributed by atoms with Crippen molar-refractivity contribution in [3.8, 4) is 11.6 Å². The second kappa shape index (κ2) is 9.62. The first kappa shape index (κ1) is 25.8. The number of alkyl halides is 3. The molecule has 3 heterocycles. The maximum atomic E-state index is 13.5. The average molecular weight is 527 g/mol. The lowest BCUT2D eigenvalue weighted by Crippen LogP contribution is -2.31. The second-order valence-corrected chi connectivity index (χ2v) is 10.2. The number of halogens is 3. The first-order valence-electron chi connectivity index (χ1n) is 11.2. The molecule has 1 saturated heterocycles. The summed E-state index contributed by atoms with van der Waals surface area (Å²) >= 11 is 0. The zero-order valence-electron chi connectivity index (χ0n) is 19.6. The van der Waals surface area contributed by atoms with Gasteiger partial charge in [0.25, 0.3) is 9.84 Å². The molecule has 0 spiro atoms. The van der Waals surface area contributed by atoms with Gasteiger partial charge in [-0.3, -0.25) is 9.55 Å². The monoisotopic (exact) mass is 526 g/mol. The fraction of sp³-hybridized carbons (Fsp3) is 0.391. The molecule has 1 fully saturated rings. The van der Waals surface area contributed by atoms with Gasteiger partial charge in [-0.05, 0) is 57.0 Å². The van der Waals surface area contributed by atoms with E-state index in [2.05, 4.69) is 9.88 Å². The molecule has 1 N–H and O–H groups in total. The number of pyridine rings is 1. The number of aromatic nitrogens is 3. The van der Waals surface area contributed by atoms with Gasteiger partial charge < -0.3 is 14.7 Å². The summed E-state index contributed by atoms with van der Waals surface area (Å²) in [6.07, 6.45) is 4.40. The number of hydrogen-bond donors (Lipinski definition) is 1. The first-order valence-corrected chi connectivity index (χ1v) is 12.7. The zero-order valence-corrected chi connectivity index (χ0v) is 20.4. The Kier molecular flexibility index (Phi) is 6.88. The Balaban J connectivity index is 1.82. The van der Waals surface area contributed by atoms with E-state index in [4.69, 9.17) is 4.74 Å². The summed E-state index contributed by atoms with van der Waals surface area (Å²) in [6, 6.07) is 5.28. The highest BCUT2D eigenvalue weighted by Gasteiger charge is 2.46. The number of sulfone groups is 1. The van der Waals surface area contributed by atoms with Gasteiger partial charge in [-0.25, -0.2) is 17.8 Å². The van der Waals surface area contributed by atoms with Gasteiger partial charge in [-0.15, -0.1) is 0 Å². The van der Waals surface area contributed by atoms with Crippen molar-refractivity contribution in [1.82, 2.24) is 14.1 Å². The SMILES string of the molecule is CCOC(c1ccncc1N1CCCC1)n1c(C)c(O)n(-c2ccc(S(=O)(=O)C(F)(F)F)cc2)c1=O. The van der Waals surface area contributed by atoms with E-state index in [1.807, 2.05) is 0 Å². The van der Waals surface area contributed by atoms with Crippen molar-refractivity contribution in [2.45, 2.75) is 43.3 Å². The molecule has 1 unspecified atom stereocenters. The van der Waals surface area contributed by atoms with Crippen molar-refractivity contribution in [1.29, 1.82) is 0 Å². The van der Waals surface area contributed by atoms with E-state index < -0.39 is 38.0 Å². The van der Waals surface area contributed by atoms with Crippen LogP contribution in [0, 0.1) is 6.92 Å². The Morgan fingerprint density at radius 3 is 2.36 bits per heavy atom. The number of hydrogen-bond acceptors (Lipinski definition) is 7. The molecule has 13 heteroatoms. The van der Waals surface area contributed by atoms with E-state index in [9.17, 15) is 31.5 Å². The lowest BCUT2D eigenvalue weighted by molar-refractivity contribution is -0.0436. The van der Waals surface area contributed by atoms with Gasteiger partial charge in [0.2, 0.25) is 5.88 Å². The average Bonchev–Trinajstić information content (AvgIpc) is 3.45. The lowest BCUT2D eigenvalue weighted by atomic mass is 10.1. The van der Waals surface area contributed by atoms with Crippen LogP contribution in [0.25, 0.3) is 5.69 Å². The summed E-state index contributed by atoms with van der Waals surface area (Å²) in [5, 5.41) is 10.8. The molecule has 0 bridgehead atoms. The third kappa shape index (κ3) is 4.37. The van der Waals surface area contributed by atoms with Crippen LogP contribution in [0.4, 0.5) is 18.9 Å². The Morgan fingerprint density at radius 1 is 1.14 bits per heavy atom. The number of nitrogens with zero attached hydrogens (tertiary/aromatic N) is 4. The first-order chi connectivity index (χ1) is 17.0. The third-order valence-electron chi connectivity index (χ3n) is 6.11. The molecule has 1 atom stereocenters. The van der Waals surface area contributed by atoms with Crippen LogP contribution in [0.3, 0.4) is 0 Å². The van der Waals surface area contributed by atoms with Gasteiger partial charge in [0.05, 0.1) is 28.2 Å². The molecular weight excluding hydrogens is 501 g/mol. The largest absolute Gasteiger partial charge is 0.501 e. The molecule has 0 aliphatic carbocycles. The Hall–Kier alpha value is -3.32. The van der Waals surface area contributed by atoms with Crippen molar-refractivity contribution in [2.24, 2.45) is 0 Å². The van der Waals surface area contributed by atoms with Crippen LogP contribution in [-0.2, 0) is 14.6 Å². The summed E-state index contributed by atoms with van der Waals surface area (Å²) in [5.41, 5.74) is -4.55. The molecule has 9 nitrogen and oxygen atoms in total. The summed E-state index contributed by atoms with van der Waals surface area (Å²) in [7, 11) is -5.55. The second-order valence-electron chi connectivity index (χ2n) is 8.28. The molecule has 0 amide bonds. The van der Waals surface area contributed by atoms with E-state index in [1.54, 1.807) is 25.4 Å². The van der Waals surface area contributed by atoms with Crippen molar-refractivity contribution < 1.29 is 31.4 Å². The van der Waals surface area contributed by atoms with Crippen LogP contribution >= 0.6 is 0 Å². The highest BCUT2D eigenvalue weighted by Crippen LogP contribution is 2.34. The molecule has 1 aliphatic rings. The molecule has 1 aliphatic heterocycles. The molecule has 3 aromatic rings. The molecule has 4 rings (SSSR count). The molecule has 0 radical (unpaired) electrons. The normalized spacial score (nSPS) is 15.4. The number of imidazole rings is 1. The molecule has 2 aromatic heterocycles. The highest BCUT2D eigenvalue weighted by atomic mass is 32.2.